The lowest BCUT2D eigenvalue weighted by Crippen LogP contribution is -2.18. The van der Waals surface area contributed by atoms with Crippen molar-refractivity contribution in [3.8, 4) is 0 Å². The molecule has 0 aliphatic heterocycles. The van der Waals surface area contributed by atoms with Crippen molar-refractivity contribution in [1.29, 1.82) is 0 Å². The lowest BCUT2D eigenvalue weighted by molar-refractivity contribution is 0.145. The molecule has 1 saturated carbocycles. The number of aliphatic hydroxyl groups excluding tert-OH is 1. The van der Waals surface area contributed by atoms with Crippen molar-refractivity contribution in [3.63, 3.8) is 0 Å². The van der Waals surface area contributed by atoms with Crippen LogP contribution < -0.4 is 0 Å². The Balaban J connectivity index is 1.97. The summed E-state index contributed by atoms with van der Waals surface area (Å²) < 4.78 is 0. The summed E-state index contributed by atoms with van der Waals surface area (Å²) in [5, 5.41) is 10.3. The molecule has 1 aliphatic rings. The zero-order valence-corrected chi connectivity index (χ0v) is 30.1. The van der Waals surface area contributed by atoms with Gasteiger partial charge in [-0.2, -0.15) is 0 Å². The van der Waals surface area contributed by atoms with E-state index in [2.05, 4.69) is 62.5 Å². The molecule has 1 fully saturated rings. The van der Waals surface area contributed by atoms with Gasteiger partial charge in [0.25, 0.3) is 0 Å². The largest absolute Gasteiger partial charge is 0.393 e. The fraction of sp³-hybridized carbons (Fsp3) is 0.814. The summed E-state index contributed by atoms with van der Waals surface area (Å²) >= 11 is 0. The van der Waals surface area contributed by atoms with E-state index in [-0.39, 0.29) is 6.10 Å². The van der Waals surface area contributed by atoms with E-state index in [4.69, 9.17) is 0 Å². The van der Waals surface area contributed by atoms with E-state index in [0.717, 1.165) is 25.7 Å². The summed E-state index contributed by atoms with van der Waals surface area (Å²) in [4.78, 5) is 0. The van der Waals surface area contributed by atoms with Gasteiger partial charge in [0.2, 0.25) is 0 Å². The second-order valence-electron chi connectivity index (χ2n) is 14.3. The molecule has 0 radical (unpaired) electrons. The number of hydrogen-bond donors (Lipinski definition) is 1. The molecule has 1 N–H and O–H groups in total. The van der Waals surface area contributed by atoms with Gasteiger partial charge in [-0.05, 0) is 102 Å². The molecule has 1 heteroatoms. The Morgan fingerprint density at radius 3 is 1.14 bits per heavy atom. The van der Waals surface area contributed by atoms with Gasteiger partial charge in [0.1, 0.15) is 0 Å². The summed E-state index contributed by atoms with van der Waals surface area (Å²) in [6, 6.07) is 0. The van der Waals surface area contributed by atoms with E-state index in [0.29, 0.717) is 5.41 Å². The van der Waals surface area contributed by atoms with Crippen molar-refractivity contribution in [1.82, 2.24) is 0 Å². The number of unbranched alkanes of at least 4 members (excludes halogenated alkanes) is 20. The molecule has 0 heterocycles. The van der Waals surface area contributed by atoms with Crippen LogP contribution in [-0.4, -0.2) is 11.2 Å². The van der Waals surface area contributed by atoms with Crippen LogP contribution in [0.2, 0.25) is 0 Å². The highest BCUT2D eigenvalue weighted by Crippen LogP contribution is 2.46. The first kappa shape index (κ1) is 40.9. The monoisotopic (exact) mass is 611 g/mol. The zero-order valence-electron chi connectivity index (χ0n) is 30.1. The van der Waals surface area contributed by atoms with Crippen molar-refractivity contribution >= 4 is 0 Å². The quantitative estimate of drug-likeness (QED) is 0.0593. The highest BCUT2D eigenvalue weighted by molar-refractivity contribution is 4.93. The van der Waals surface area contributed by atoms with E-state index >= 15 is 0 Å². The van der Waals surface area contributed by atoms with E-state index < -0.39 is 0 Å². The average molecular weight is 611 g/mol. The second-order valence-corrected chi connectivity index (χ2v) is 14.3. The molecule has 0 amide bonds. The maximum Gasteiger partial charge on any atom is 0.0545 e. The molecule has 0 bridgehead atoms. The van der Waals surface area contributed by atoms with Crippen molar-refractivity contribution in [2.75, 3.05) is 0 Å². The van der Waals surface area contributed by atoms with Crippen LogP contribution >= 0.6 is 0 Å². The molecule has 0 saturated heterocycles. The summed E-state index contributed by atoms with van der Waals surface area (Å²) in [6.07, 6.45) is 59.7. The molecule has 0 aromatic rings. The Morgan fingerprint density at radius 1 is 0.455 bits per heavy atom. The maximum atomic E-state index is 10.3. The van der Waals surface area contributed by atoms with Crippen LogP contribution in [-0.2, 0) is 0 Å². The molecule has 256 valence electrons. The maximum absolute atomic E-state index is 10.3. The van der Waals surface area contributed by atoms with Crippen LogP contribution in [0.1, 0.15) is 213 Å². The molecule has 44 heavy (non-hydrogen) atoms. The van der Waals surface area contributed by atoms with Gasteiger partial charge in [-0.15, -0.1) is 0 Å². The van der Waals surface area contributed by atoms with Crippen LogP contribution in [0.25, 0.3) is 0 Å². The number of aliphatic hydroxyl groups is 1. The van der Waals surface area contributed by atoms with Crippen LogP contribution in [0.5, 0.6) is 0 Å². The van der Waals surface area contributed by atoms with E-state index in [1.807, 2.05) is 0 Å². The SMILES string of the molecule is CCCCC/C=C\C/C=C\CCCCCCCCCC1(CCCCCCCCC/C=C\C/C=C\CCCCC)CCC(O)C1. The molecule has 0 aromatic carbocycles. The molecular weight excluding hydrogens is 532 g/mol. The van der Waals surface area contributed by atoms with Gasteiger partial charge in [-0.1, -0.05) is 165 Å². The summed E-state index contributed by atoms with van der Waals surface area (Å²) in [5.41, 5.74) is 0.466. The lowest BCUT2D eigenvalue weighted by Gasteiger charge is -2.29. The molecular formula is C43H78O. The Morgan fingerprint density at radius 2 is 0.795 bits per heavy atom. The number of hydrogen-bond acceptors (Lipinski definition) is 1. The van der Waals surface area contributed by atoms with Crippen molar-refractivity contribution in [2.24, 2.45) is 5.41 Å². The molecule has 0 spiro atoms. The second kappa shape index (κ2) is 31.9. The van der Waals surface area contributed by atoms with Crippen molar-refractivity contribution in [3.05, 3.63) is 48.6 Å². The van der Waals surface area contributed by atoms with Crippen LogP contribution in [0, 0.1) is 5.41 Å². The van der Waals surface area contributed by atoms with Crippen molar-refractivity contribution < 1.29 is 5.11 Å². The van der Waals surface area contributed by atoms with E-state index in [1.54, 1.807) is 0 Å². The Labute approximate surface area is 277 Å². The molecule has 1 atom stereocenters. The Kier molecular flexibility index (Phi) is 29.7. The standard InChI is InChI=1S/C43H78O/c1-3-5-7-9-11-13-15-17-19-21-23-25-27-29-31-33-35-38-43(40-37-42(44)41-43)39-36-34-32-30-28-26-24-22-20-18-16-14-12-10-8-6-4-2/h11-14,17-20,42,44H,3-10,15-16,21-41H2,1-2H3/b13-11-,14-12-,19-17-,20-18-. The van der Waals surface area contributed by atoms with Crippen LogP contribution in [0.15, 0.2) is 48.6 Å². The summed E-state index contributed by atoms with van der Waals surface area (Å²) in [6.45, 7) is 4.54. The smallest absolute Gasteiger partial charge is 0.0545 e. The van der Waals surface area contributed by atoms with E-state index in [9.17, 15) is 5.11 Å². The normalized spacial score (nSPS) is 17.0. The van der Waals surface area contributed by atoms with Gasteiger partial charge < -0.3 is 5.11 Å². The highest BCUT2D eigenvalue weighted by atomic mass is 16.3. The van der Waals surface area contributed by atoms with Gasteiger partial charge >= 0.3 is 0 Å². The van der Waals surface area contributed by atoms with Crippen LogP contribution in [0.4, 0.5) is 0 Å². The van der Waals surface area contributed by atoms with Gasteiger partial charge in [0.05, 0.1) is 6.10 Å². The third kappa shape index (κ3) is 26.2. The predicted octanol–water partition coefficient (Wildman–Crippen LogP) is 14.7. The fourth-order valence-corrected chi connectivity index (χ4v) is 7.09. The minimum Gasteiger partial charge on any atom is -0.393 e. The minimum absolute atomic E-state index is 0.0262. The number of rotatable bonds is 32. The zero-order chi connectivity index (χ0) is 31.7. The average Bonchev–Trinajstić information content (AvgIpc) is 3.40. The first-order chi connectivity index (χ1) is 21.7. The lowest BCUT2D eigenvalue weighted by atomic mass is 9.76. The van der Waals surface area contributed by atoms with Crippen LogP contribution in [0.3, 0.4) is 0 Å². The van der Waals surface area contributed by atoms with Gasteiger partial charge in [-0.3, -0.25) is 0 Å². The van der Waals surface area contributed by atoms with Crippen molar-refractivity contribution in [2.45, 2.75) is 219 Å². The van der Waals surface area contributed by atoms with E-state index in [1.165, 1.54) is 173 Å². The fourth-order valence-electron chi connectivity index (χ4n) is 7.09. The third-order valence-corrected chi connectivity index (χ3v) is 9.99. The molecule has 1 rings (SSSR count). The Hall–Kier alpha value is -1.08. The molecule has 1 unspecified atom stereocenters. The first-order valence-electron chi connectivity index (χ1n) is 20.0. The predicted molar refractivity (Wildman–Crippen MR) is 199 cm³/mol. The third-order valence-electron chi connectivity index (χ3n) is 9.99. The molecule has 1 nitrogen and oxygen atoms in total. The number of allylic oxidation sites excluding steroid dienone is 8. The van der Waals surface area contributed by atoms with Gasteiger partial charge in [-0.25, -0.2) is 0 Å². The summed E-state index contributed by atoms with van der Waals surface area (Å²) in [5.74, 6) is 0. The highest BCUT2D eigenvalue weighted by Gasteiger charge is 2.37. The summed E-state index contributed by atoms with van der Waals surface area (Å²) in [7, 11) is 0. The first-order valence-corrected chi connectivity index (χ1v) is 20.0. The van der Waals surface area contributed by atoms with Gasteiger partial charge in [0.15, 0.2) is 0 Å². The molecule has 0 aromatic heterocycles. The minimum atomic E-state index is -0.0262. The molecule has 1 aliphatic carbocycles. The topological polar surface area (TPSA) is 20.2 Å². The Bertz CT molecular complexity index is 648. The van der Waals surface area contributed by atoms with Gasteiger partial charge in [0, 0.05) is 0 Å².